The number of unbranched alkanes of at least 4 members (excludes halogenated alkanes) is 1. The maximum absolute atomic E-state index is 11.2. The van der Waals surface area contributed by atoms with Crippen LogP contribution >= 0.6 is 0 Å². The Morgan fingerprint density at radius 3 is 2.24 bits per heavy atom. The van der Waals surface area contributed by atoms with Crippen molar-refractivity contribution < 1.29 is 9.53 Å². The van der Waals surface area contributed by atoms with E-state index < -0.39 is 0 Å². The van der Waals surface area contributed by atoms with Crippen molar-refractivity contribution in [1.29, 1.82) is 0 Å². The second-order valence-electron chi connectivity index (χ2n) is 5.16. The van der Waals surface area contributed by atoms with Gasteiger partial charge in [0, 0.05) is 12.8 Å². The number of carbonyl (C=O) groups is 1. The molecule has 0 amide bonds. The number of hydrogen-bond donors (Lipinski definition) is 0. The van der Waals surface area contributed by atoms with Crippen LogP contribution in [0.1, 0.15) is 38.2 Å². The van der Waals surface area contributed by atoms with E-state index >= 15 is 0 Å². The number of rotatable bonds is 8. The molecule has 2 aromatic rings. The molecule has 0 radical (unpaired) electrons. The number of carbonyl (C=O) groups excluding carboxylic acids is 1. The van der Waals surface area contributed by atoms with Crippen molar-refractivity contribution in [3.63, 3.8) is 0 Å². The van der Waals surface area contributed by atoms with E-state index in [1.54, 1.807) is 0 Å². The van der Waals surface area contributed by atoms with Crippen molar-refractivity contribution in [2.45, 2.75) is 39.0 Å². The molecule has 0 heterocycles. The molecule has 2 aromatic carbocycles. The Bertz CT molecular complexity index is 544. The third kappa shape index (κ3) is 5.42. The fourth-order valence-electron chi connectivity index (χ4n) is 2.18. The second-order valence-corrected chi connectivity index (χ2v) is 5.16. The van der Waals surface area contributed by atoms with Gasteiger partial charge in [0.1, 0.15) is 17.3 Å². The van der Waals surface area contributed by atoms with Gasteiger partial charge in [0.15, 0.2) is 0 Å². The molecule has 0 saturated carbocycles. The molecule has 0 N–H and O–H groups in total. The maximum Gasteiger partial charge on any atom is 0.132 e. The van der Waals surface area contributed by atoms with Gasteiger partial charge in [-0.15, -0.1) is 0 Å². The van der Waals surface area contributed by atoms with Crippen molar-refractivity contribution in [3.05, 3.63) is 60.2 Å². The van der Waals surface area contributed by atoms with E-state index in [0.29, 0.717) is 18.6 Å². The Kier molecular flexibility index (Phi) is 6.01. The Balaban J connectivity index is 1.78. The summed E-state index contributed by atoms with van der Waals surface area (Å²) in [6.07, 6.45) is 4.43. The molecule has 0 bridgehead atoms. The molecule has 0 aromatic heterocycles. The average Bonchev–Trinajstić information content (AvgIpc) is 2.54. The summed E-state index contributed by atoms with van der Waals surface area (Å²) in [4.78, 5) is 11.2. The van der Waals surface area contributed by atoms with Crippen LogP contribution in [-0.2, 0) is 11.2 Å². The zero-order valence-electron chi connectivity index (χ0n) is 12.5. The van der Waals surface area contributed by atoms with E-state index in [1.165, 1.54) is 5.56 Å². The Hall–Kier alpha value is -2.09. The molecule has 2 heteroatoms. The number of hydrogen-bond acceptors (Lipinski definition) is 2. The number of ketones is 1. The number of aryl methyl sites for hydroxylation is 1. The standard InChI is InChI=1S/C19H22O2/c1-2-17(20)9-7-6-8-16-12-14-19(15-13-16)21-18-10-4-3-5-11-18/h3-5,10-15H,2,6-9H2,1H3. The van der Waals surface area contributed by atoms with Crippen LogP contribution in [0.25, 0.3) is 0 Å². The third-order valence-electron chi connectivity index (χ3n) is 3.47. The summed E-state index contributed by atoms with van der Waals surface area (Å²) in [6.45, 7) is 1.92. The van der Waals surface area contributed by atoms with Crippen LogP contribution in [0.3, 0.4) is 0 Å². The highest BCUT2D eigenvalue weighted by Crippen LogP contribution is 2.21. The van der Waals surface area contributed by atoms with Crippen LogP contribution in [0.5, 0.6) is 11.5 Å². The van der Waals surface area contributed by atoms with Gasteiger partial charge >= 0.3 is 0 Å². The summed E-state index contributed by atoms with van der Waals surface area (Å²) in [5, 5.41) is 0. The summed E-state index contributed by atoms with van der Waals surface area (Å²) in [5.74, 6) is 2.07. The van der Waals surface area contributed by atoms with E-state index in [0.717, 1.165) is 30.8 Å². The minimum Gasteiger partial charge on any atom is -0.457 e. The zero-order valence-corrected chi connectivity index (χ0v) is 12.5. The van der Waals surface area contributed by atoms with Crippen LogP contribution < -0.4 is 4.74 Å². The molecule has 0 spiro atoms. The van der Waals surface area contributed by atoms with Gasteiger partial charge in [-0.05, 0) is 49.1 Å². The van der Waals surface area contributed by atoms with Gasteiger partial charge < -0.3 is 4.74 Å². The van der Waals surface area contributed by atoms with Gasteiger partial charge in [-0.3, -0.25) is 4.79 Å². The lowest BCUT2D eigenvalue weighted by molar-refractivity contribution is -0.118. The fourth-order valence-corrected chi connectivity index (χ4v) is 2.18. The average molecular weight is 282 g/mol. The zero-order chi connectivity index (χ0) is 14.9. The molecule has 0 atom stereocenters. The molecule has 110 valence electrons. The van der Waals surface area contributed by atoms with Crippen LogP contribution in [0.15, 0.2) is 54.6 Å². The molecule has 21 heavy (non-hydrogen) atoms. The van der Waals surface area contributed by atoms with E-state index in [9.17, 15) is 4.79 Å². The quantitative estimate of drug-likeness (QED) is 0.624. The highest BCUT2D eigenvalue weighted by atomic mass is 16.5. The number of Topliss-reactive ketones (excluding diaryl/α,β-unsaturated/α-hetero) is 1. The monoisotopic (exact) mass is 282 g/mol. The van der Waals surface area contributed by atoms with Gasteiger partial charge in [-0.25, -0.2) is 0 Å². The lowest BCUT2D eigenvalue weighted by atomic mass is 10.1. The van der Waals surface area contributed by atoms with Crippen LogP contribution in [0, 0.1) is 0 Å². The molecule has 0 fully saturated rings. The van der Waals surface area contributed by atoms with Gasteiger partial charge in [0.05, 0.1) is 0 Å². The fraction of sp³-hybridized carbons (Fsp3) is 0.316. The SMILES string of the molecule is CCC(=O)CCCCc1ccc(Oc2ccccc2)cc1. The van der Waals surface area contributed by atoms with Gasteiger partial charge in [0.25, 0.3) is 0 Å². The smallest absolute Gasteiger partial charge is 0.132 e. The van der Waals surface area contributed by atoms with Crippen LogP contribution in [-0.4, -0.2) is 5.78 Å². The topological polar surface area (TPSA) is 26.3 Å². The molecule has 2 rings (SSSR count). The molecule has 0 unspecified atom stereocenters. The lowest BCUT2D eigenvalue weighted by Crippen LogP contribution is -1.95. The predicted octanol–water partition coefficient (Wildman–Crippen LogP) is 5.17. The van der Waals surface area contributed by atoms with E-state index in [1.807, 2.05) is 49.4 Å². The van der Waals surface area contributed by atoms with Crippen molar-refractivity contribution in [2.75, 3.05) is 0 Å². The summed E-state index contributed by atoms with van der Waals surface area (Å²) in [5.41, 5.74) is 1.29. The predicted molar refractivity (Wildman–Crippen MR) is 85.8 cm³/mol. The Labute approximate surface area is 126 Å². The number of benzene rings is 2. The molecule has 2 nitrogen and oxygen atoms in total. The minimum absolute atomic E-state index is 0.363. The summed E-state index contributed by atoms with van der Waals surface area (Å²) < 4.78 is 5.76. The van der Waals surface area contributed by atoms with Crippen LogP contribution in [0.2, 0.25) is 0 Å². The highest BCUT2D eigenvalue weighted by molar-refractivity contribution is 5.77. The second kappa shape index (κ2) is 8.25. The molecular weight excluding hydrogens is 260 g/mol. The third-order valence-corrected chi connectivity index (χ3v) is 3.47. The summed E-state index contributed by atoms with van der Waals surface area (Å²) in [6, 6.07) is 18.0. The van der Waals surface area contributed by atoms with Gasteiger partial charge in [-0.2, -0.15) is 0 Å². The first-order valence-corrected chi connectivity index (χ1v) is 7.61. The first-order chi connectivity index (χ1) is 10.3. The van der Waals surface area contributed by atoms with E-state index in [-0.39, 0.29) is 0 Å². The van der Waals surface area contributed by atoms with E-state index in [2.05, 4.69) is 12.1 Å². The van der Waals surface area contributed by atoms with Crippen molar-refractivity contribution >= 4 is 5.78 Å². The van der Waals surface area contributed by atoms with Crippen molar-refractivity contribution in [3.8, 4) is 11.5 Å². The molecule has 0 saturated heterocycles. The van der Waals surface area contributed by atoms with E-state index in [4.69, 9.17) is 4.74 Å². The lowest BCUT2D eigenvalue weighted by Gasteiger charge is -2.06. The largest absolute Gasteiger partial charge is 0.457 e. The first kappa shape index (κ1) is 15.3. The summed E-state index contributed by atoms with van der Waals surface area (Å²) >= 11 is 0. The normalized spacial score (nSPS) is 10.3. The molecule has 0 aliphatic rings. The first-order valence-electron chi connectivity index (χ1n) is 7.61. The maximum atomic E-state index is 11.2. The number of para-hydroxylation sites is 1. The van der Waals surface area contributed by atoms with Gasteiger partial charge in [0.2, 0.25) is 0 Å². The Morgan fingerprint density at radius 2 is 1.57 bits per heavy atom. The van der Waals surface area contributed by atoms with Crippen LogP contribution in [0.4, 0.5) is 0 Å². The molecule has 0 aliphatic carbocycles. The molecular formula is C19H22O2. The number of ether oxygens (including phenoxy) is 1. The highest BCUT2D eigenvalue weighted by Gasteiger charge is 2.00. The van der Waals surface area contributed by atoms with Crippen molar-refractivity contribution in [2.24, 2.45) is 0 Å². The summed E-state index contributed by atoms with van der Waals surface area (Å²) in [7, 11) is 0. The van der Waals surface area contributed by atoms with Gasteiger partial charge in [-0.1, -0.05) is 37.3 Å². The minimum atomic E-state index is 0.363. The molecule has 0 aliphatic heterocycles. The Morgan fingerprint density at radius 1 is 0.905 bits per heavy atom. The van der Waals surface area contributed by atoms with Crippen molar-refractivity contribution in [1.82, 2.24) is 0 Å².